The van der Waals surface area contributed by atoms with Crippen LogP contribution in [0.25, 0.3) is 0 Å². The highest BCUT2D eigenvalue weighted by Crippen LogP contribution is 2.27. The molecule has 0 heterocycles. The minimum atomic E-state index is 0.329. The van der Waals surface area contributed by atoms with Crippen molar-refractivity contribution < 1.29 is 9.84 Å². The maximum atomic E-state index is 9.67. The number of ether oxygens (including phenoxy) is 1. The summed E-state index contributed by atoms with van der Waals surface area (Å²) in [6.07, 6.45) is 0. The maximum Gasteiger partial charge on any atom is 0.119 e. The van der Waals surface area contributed by atoms with E-state index in [1.807, 2.05) is 38.1 Å². The van der Waals surface area contributed by atoms with E-state index in [1.54, 1.807) is 13.2 Å². The Hall–Kier alpha value is -1.68. The van der Waals surface area contributed by atoms with E-state index in [1.165, 1.54) is 0 Å². The van der Waals surface area contributed by atoms with E-state index in [-0.39, 0.29) is 0 Å². The zero-order chi connectivity index (χ0) is 14.7. The second-order valence-electron chi connectivity index (χ2n) is 4.76. The molecule has 0 fully saturated rings. The van der Waals surface area contributed by atoms with E-state index in [2.05, 4.69) is 21.2 Å². The molecule has 0 unspecified atom stereocenters. The highest BCUT2D eigenvalue weighted by Gasteiger charge is 2.06. The van der Waals surface area contributed by atoms with Crippen LogP contribution in [0.3, 0.4) is 0 Å². The molecule has 3 nitrogen and oxygen atoms in total. The number of anilines is 1. The normalized spacial score (nSPS) is 10.4. The van der Waals surface area contributed by atoms with Crippen molar-refractivity contribution in [3.8, 4) is 11.5 Å². The van der Waals surface area contributed by atoms with Crippen molar-refractivity contribution >= 4 is 21.6 Å². The SMILES string of the molecule is COc1ccc(Br)c(CNc2cc(C)c(O)cc2C)c1. The molecule has 0 amide bonds. The van der Waals surface area contributed by atoms with Gasteiger partial charge in [0, 0.05) is 16.7 Å². The third-order valence-corrected chi connectivity index (χ3v) is 4.04. The first-order valence-electron chi connectivity index (χ1n) is 6.37. The van der Waals surface area contributed by atoms with Gasteiger partial charge in [0.15, 0.2) is 0 Å². The van der Waals surface area contributed by atoms with Crippen LogP contribution in [0.5, 0.6) is 11.5 Å². The predicted molar refractivity (Wildman–Crippen MR) is 85.6 cm³/mol. The second-order valence-corrected chi connectivity index (χ2v) is 5.62. The first-order chi connectivity index (χ1) is 9.51. The van der Waals surface area contributed by atoms with Crippen molar-refractivity contribution in [2.45, 2.75) is 20.4 Å². The van der Waals surface area contributed by atoms with Crippen molar-refractivity contribution in [2.24, 2.45) is 0 Å². The van der Waals surface area contributed by atoms with E-state index in [4.69, 9.17) is 4.74 Å². The van der Waals surface area contributed by atoms with Crippen LogP contribution in [0.4, 0.5) is 5.69 Å². The van der Waals surface area contributed by atoms with Crippen LogP contribution < -0.4 is 10.1 Å². The highest BCUT2D eigenvalue weighted by molar-refractivity contribution is 9.10. The summed E-state index contributed by atoms with van der Waals surface area (Å²) in [7, 11) is 1.66. The summed E-state index contributed by atoms with van der Waals surface area (Å²) in [5.41, 5.74) is 4.03. The van der Waals surface area contributed by atoms with Crippen LogP contribution in [0.1, 0.15) is 16.7 Å². The van der Waals surface area contributed by atoms with Crippen molar-refractivity contribution in [3.63, 3.8) is 0 Å². The summed E-state index contributed by atoms with van der Waals surface area (Å²) in [6.45, 7) is 4.55. The lowest BCUT2D eigenvalue weighted by molar-refractivity contribution is 0.414. The van der Waals surface area contributed by atoms with Crippen LogP contribution >= 0.6 is 15.9 Å². The minimum Gasteiger partial charge on any atom is -0.508 e. The molecule has 0 aliphatic rings. The Labute approximate surface area is 127 Å². The highest BCUT2D eigenvalue weighted by atomic mass is 79.9. The quantitative estimate of drug-likeness (QED) is 0.814. The molecular weight excluding hydrogens is 318 g/mol. The number of hydrogen-bond donors (Lipinski definition) is 2. The number of benzene rings is 2. The van der Waals surface area contributed by atoms with E-state index in [9.17, 15) is 5.11 Å². The number of halogens is 1. The van der Waals surface area contributed by atoms with Crippen molar-refractivity contribution in [1.82, 2.24) is 0 Å². The van der Waals surface area contributed by atoms with E-state index >= 15 is 0 Å². The molecule has 0 aromatic heterocycles. The lowest BCUT2D eigenvalue weighted by Crippen LogP contribution is -2.02. The van der Waals surface area contributed by atoms with Crippen LogP contribution in [0, 0.1) is 13.8 Å². The molecule has 2 N–H and O–H groups in total. The summed E-state index contributed by atoms with van der Waals surface area (Å²) in [4.78, 5) is 0. The first-order valence-corrected chi connectivity index (χ1v) is 7.17. The fraction of sp³-hybridized carbons (Fsp3) is 0.250. The lowest BCUT2D eigenvalue weighted by Gasteiger charge is -2.13. The number of aryl methyl sites for hydroxylation is 2. The van der Waals surface area contributed by atoms with Gasteiger partial charge in [0.05, 0.1) is 7.11 Å². The molecule has 0 saturated heterocycles. The predicted octanol–water partition coefficient (Wildman–Crippen LogP) is 4.39. The number of phenols is 1. The standard InChI is InChI=1S/C16H18BrNO2/c1-10-7-16(19)11(2)6-15(10)18-9-12-8-13(20-3)4-5-14(12)17/h4-8,18-19H,9H2,1-3H3. The van der Waals surface area contributed by atoms with Gasteiger partial charge in [0.1, 0.15) is 11.5 Å². The van der Waals surface area contributed by atoms with Crippen molar-refractivity contribution in [2.75, 3.05) is 12.4 Å². The molecule has 0 aliphatic carbocycles. The van der Waals surface area contributed by atoms with E-state index < -0.39 is 0 Å². The zero-order valence-electron chi connectivity index (χ0n) is 11.8. The Balaban J connectivity index is 2.18. The third-order valence-electron chi connectivity index (χ3n) is 3.27. The number of aromatic hydroxyl groups is 1. The zero-order valence-corrected chi connectivity index (χ0v) is 13.4. The van der Waals surface area contributed by atoms with Gasteiger partial charge >= 0.3 is 0 Å². The summed E-state index contributed by atoms with van der Waals surface area (Å²) in [6, 6.07) is 9.63. The molecule has 2 rings (SSSR count). The van der Waals surface area contributed by atoms with Gasteiger partial charge in [-0.2, -0.15) is 0 Å². The number of hydrogen-bond acceptors (Lipinski definition) is 3. The second kappa shape index (κ2) is 6.18. The van der Waals surface area contributed by atoms with Gasteiger partial charge in [-0.05, 0) is 60.9 Å². The number of rotatable bonds is 4. The molecule has 20 heavy (non-hydrogen) atoms. The van der Waals surface area contributed by atoms with Gasteiger partial charge in [-0.3, -0.25) is 0 Å². The fourth-order valence-corrected chi connectivity index (χ4v) is 2.38. The van der Waals surface area contributed by atoms with Crippen LogP contribution in [-0.2, 0) is 6.54 Å². The smallest absolute Gasteiger partial charge is 0.119 e. The molecule has 2 aromatic carbocycles. The average molecular weight is 336 g/mol. The molecule has 0 saturated carbocycles. The molecule has 0 radical (unpaired) electrons. The van der Waals surface area contributed by atoms with Crippen LogP contribution in [0.2, 0.25) is 0 Å². The largest absolute Gasteiger partial charge is 0.508 e. The Bertz CT molecular complexity index is 626. The summed E-state index contributed by atoms with van der Waals surface area (Å²) >= 11 is 3.54. The van der Waals surface area contributed by atoms with E-state index in [0.29, 0.717) is 12.3 Å². The van der Waals surface area contributed by atoms with Crippen LogP contribution in [-0.4, -0.2) is 12.2 Å². The minimum absolute atomic E-state index is 0.329. The number of methoxy groups -OCH3 is 1. The Morgan fingerprint density at radius 1 is 1.15 bits per heavy atom. The Kier molecular flexibility index (Phi) is 4.55. The third kappa shape index (κ3) is 3.25. The maximum absolute atomic E-state index is 9.67. The van der Waals surface area contributed by atoms with Gasteiger partial charge < -0.3 is 15.2 Å². The van der Waals surface area contributed by atoms with Crippen molar-refractivity contribution in [3.05, 3.63) is 51.5 Å². The lowest BCUT2D eigenvalue weighted by atomic mass is 10.1. The van der Waals surface area contributed by atoms with Gasteiger partial charge in [0.2, 0.25) is 0 Å². The molecule has 2 aromatic rings. The fourth-order valence-electron chi connectivity index (χ4n) is 2.00. The van der Waals surface area contributed by atoms with Gasteiger partial charge in [0.25, 0.3) is 0 Å². The topological polar surface area (TPSA) is 41.5 Å². The van der Waals surface area contributed by atoms with E-state index in [0.717, 1.165) is 32.6 Å². The molecule has 106 valence electrons. The summed E-state index contributed by atoms with van der Waals surface area (Å²) < 4.78 is 6.28. The first kappa shape index (κ1) is 14.7. The monoisotopic (exact) mass is 335 g/mol. The summed E-state index contributed by atoms with van der Waals surface area (Å²) in [5, 5.41) is 13.1. The van der Waals surface area contributed by atoms with Crippen LogP contribution in [0.15, 0.2) is 34.8 Å². The molecular formula is C16H18BrNO2. The molecule has 0 spiro atoms. The van der Waals surface area contributed by atoms with Gasteiger partial charge in [-0.1, -0.05) is 15.9 Å². The average Bonchev–Trinajstić information content (AvgIpc) is 2.43. The van der Waals surface area contributed by atoms with Crippen molar-refractivity contribution in [1.29, 1.82) is 0 Å². The Morgan fingerprint density at radius 2 is 1.90 bits per heavy atom. The number of nitrogens with one attached hydrogen (secondary N) is 1. The number of phenolic OH excluding ortho intramolecular Hbond substituents is 1. The van der Waals surface area contributed by atoms with Gasteiger partial charge in [-0.25, -0.2) is 0 Å². The summed E-state index contributed by atoms with van der Waals surface area (Å²) in [5.74, 6) is 1.17. The molecule has 0 bridgehead atoms. The molecule has 0 aliphatic heterocycles. The molecule has 0 atom stereocenters. The van der Waals surface area contributed by atoms with Gasteiger partial charge in [-0.15, -0.1) is 0 Å². The molecule has 4 heteroatoms. The Morgan fingerprint density at radius 3 is 2.60 bits per heavy atom.